The Balaban J connectivity index is 1.62. The fourth-order valence-electron chi connectivity index (χ4n) is 3.27. The number of fused-ring (bicyclic) bond motifs is 1. The zero-order valence-corrected chi connectivity index (χ0v) is 19.0. The lowest BCUT2D eigenvalue weighted by molar-refractivity contribution is -0.148. The molecule has 0 saturated heterocycles. The van der Waals surface area contributed by atoms with E-state index in [-0.39, 0.29) is 17.2 Å². The molecule has 172 valence electrons. The molecule has 0 saturated carbocycles. The molecule has 0 aliphatic heterocycles. The third kappa shape index (κ3) is 5.26. The van der Waals surface area contributed by atoms with E-state index < -0.39 is 28.1 Å². The lowest BCUT2D eigenvalue weighted by atomic mass is 10.1. The smallest absolute Gasteiger partial charge is 0.326 e. The molecule has 0 fully saturated rings. The van der Waals surface area contributed by atoms with Gasteiger partial charge in [0.25, 0.3) is 0 Å². The highest BCUT2D eigenvalue weighted by atomic mass is 32.2. The Kier molecular flexibility index (Phi) is 7.17. The van der Waals surface area contributed by atoms with Crippen LogP contribution in [-0.2, 0) is 26.1 Å². The number of aromatic amines is 1. The molecule has 3 aromatic rings. The Labute approximate surface area is 186 Å². The number of carbonyl (C=O) groups excluding carboxylic acids is 1. The first kappa shape index (κ1) is 23.7. The van der Waals surface area contributed by atoms with E-state index in [1.807, 2.05) is 25.1 Å². The highest BCUT2D eigenvalue weighted by Crippen LogP contribution is 2.16. The number of aliphatic hydroxyl groups excluding tert-OH is 1. The van der Waals surface area contributed by atoms with Crippen molar-refractivity contribution in [3.63, 3.8) is 0 Å². The van der Waals surface area contributed by atoms with E-state index in [1.165, 1.54) is 23.6 Å². The molecule has 2 atom stereocenters. The van der Waals surface area contributed by atoms with E-state index in [4.69, 9.17) is 4.74 Å². The second-order valence-electron chi connectivity index (χ2n) is 7.71. The number of nitrogens with zero attached hydrogens (tertiary/aromatic N) is 1. The lowest BCUT2D eigenvalue weighted by Gasteiger charge is -2.20. The number of rotatable bonds is 9. The molecule has 0 unspecified atom stereocenters. The molecule has 2 aromatic carbocycles. The van der Waals surface area contributed by atoms with Crippen molar-refractivity contribution in [2.45, 2.75) is 50.8 Å². The molecule has 0 amide bonds. The minimum absolute atomic E-state index is 0.00207. The zero-order valence-electron chi connectivity index (χ0n) is 18.2. The first-order valence-electron chi connectivity index (χ1n) is 10.2. The van der Waals surface area contributed by atoms with Crippen molar-refractivity contribution in [3.8, 4) is 0 Å². The normalized spacial score (nSPS) is 13.8. The van der Waals surface area contributed by atoms with Crippen LogP contribution in [-0.4, -0.2) is 47.8 Å². The molecule has 3 rings (SSSR count). The first-order valence-corrected chi connectivity index (χ1v) is 11.7. The number of imidazole rings is 1. The maximum absolute atomic E-state index is 12.7. The molecule has 10 heteroatoms. The maximum atomic E-state index is 12.7. The van der Waals surface area contributed by atoms with Crippen LogP contribution < -0.4 is 10.4 Å². The average Bonchev–Trinajstić information content (AvgIpc) is 3.06. The van der Waals surface area contributed by atoms with Gasteiger partial charge in [0, 0.05) is 6.54 Å². The van der Waals surface area contributed by atoms with Crippen LogP contribution in [0.4, 0.5) is 0 Å². The number of para-hydroxylation sites is 2. The fourth-order valence-corrected chi connectivity index (χ4v) is 4.62. The van der Waals surface area contributed by atoms with Crippen LogP contribution in [0.1, 0.15) is 24.5 Å². The maximum Gasteiger partial charge on any atom is 0.326 e. The topological polar surface area (TPSA) is 130 Å². The molecule has 9 nitrogen and oxygen atoms in total. The Morgan fingerprint density at radius 2 is 1.91 bits per heavy atom. The number of H-pyrrole nitrogens is 1. The van der Waals surface area contributed by atoms with Gasteiger partial charge in [0.2, 0.25) is 10.0 Å². The van der Waals surface area contributed by atoms with Gasteiger partial charge in [-0.2, -0.15) is 4.72 Å². The van der Waals surface area contributed by atoms with Gasteiger partial charge in [-0.25, -0.2) is 13.2 Å². The monoisotopic (exact) mass is 461 g/mol. The molecule has 1 heterocycles. The number of nitrogens with one attached hydrogen (secondary N) is 2. The van der Waals surface area contributed by atoms with Crippen LogP contribution in [0.2, 0.25) is 0 Å². The van der Waals surface area contributed by atoms with Gasteiger partial charge < -0.3 is 14.8 Å². The van der Waals surface area contributed by atoms with Crippen LogP contribution in [0.3, 0.4) is 0 Å². The highest BCUT2D eigenvalue weighted by Gasteiger charge is 2.31. The van der Waals surface area contributed by atoms with Crippen LogP contribution in [0.5, 0.6) is 0 Å². The van der Waals surface area contributed by atoms with Crippen molar-refractivity contribution in [1.82, 2.24) is 14.3 Å². The summed E-state index contributed by atoms with van der Waals surface area (Å²) in [6.45, 7) is 5.22. The van der Waals surface area contributed by atoms with E-state index in [1.54, 1.807) is 19.1 Å². The molecular formula is C22H27N3O6S. The van der Waals surface area contributed by atoms with Crippen molar-refractivity contribution in [2.75, 3.05) is 6.61 Å². The number of carbonyl (C=O) groups is 1. The van der Waals surface area contributed by atoms with Crippen LogP contribution >= 0.6 is 0 Å². The summed E-state index contributed by atoms with van der Waals surface area (Å²) >= 11 is 0. The molecular weight excluding hydrogens is 434 g/mol. The predicted octanol–water partition coefficient (Wildman–Crippen LogP) is 1.61. The summed E-state index contributed by atoms with van der Waals surface area (Å²) in [5.41, 5.74) is 2.91. The summed E-state index contributed by atoms with van der Waals surface area (Å²) in [7, 11) is -4.05. The standard InChI is InChI=1S/C22H27N3O6S/c1-14-9-10-17(13-15(14)2)32(29,30)24-20(16(3)26)21(27)31-12-6-11-25-19-8-5-4-7-18(19)23-22(25)28/h4-5,7-10,13,16,20,24,26H,6,11-12H2,1-3H3,(H,23,28)/t16-,20+/m1/s1. The second kappa shape index (κ2) is 9.68. The van der Waals surface area contributed by atoms with Gasteiger partial charge in [-0.3, -0.25) is 9.36 Å². The van der Waals surface area contributed by atoms with Crippen molar-refractivity contribution in [2.24, 2.45) is 0 Å². The Hall–Kier alpha value is -2.95. The lowest BCUT2D eigenvalue weighted by Crippen LogP contribution is -2.48. The van der Waals surface area contributed by atoms with E-state index in [2.05, 4.69) is 9.71 Å². The van der Waals surface area contributed by atoms with Crippen LogP contribution in [0, 0.1) is 13.8 Å². The summed E-state index contributed by atoms with van der Waals surface area (Å²) in [6, 6.07) is 10.4. The molecule has 0 bridgehead atoms. The molecule has 1 aromatic heterocycles. The SMILES string of the molecule is Cc1ccc(S(=O)(=O)N[C@H](C(=O)OCCCn2c(=O)[nH]c3ccccc32)[C@@H](C)O)cc1C. The summed E-state index contributed by atoms with van der Waals surface area (Å²) in [5, 5.41) is 9.98. The summed E-state index contributed by atoms with van der Waals surface area (Å²) in [4.78, 5) is 27.3. The van der Waals surface area contributed by atoms with Gasteiger partial charge in [0.05, 0.1) is 28.6 Å². The quantitative estimate of drug-likeness (QED) is 0.328. The Morgan fingerprint density at radius 1 is 1.19 bits per heavy atom. The average molecular weight is 462 g/mol. The number of hydrogen-bond donors (Lipinski definition) is 3. The number of sulfonamides is 1. The fraction of sp³-hybridized carbons (Fsp3) is 0.364. The van der Waals surface area contributed by atoms with E-state index in [0.717, 1.165) is 16.6 Å². The van der Waals surface area contributed by atoms with E-state index in [9.17, 15) is 23.1 Å². The molecule has 3 N–H and O–H groups in total. The zero-order chi connectivity index (χ0) is 23.5. The second-order valence-corrected chi connectivity index (χ2v) is 9.42. The predicted molar refractivity (Wildman–Crippen MR) is 120 cm³/mol. The van der Waals surface area contributed by atoms with Gasteiger partial charge >= 0.3 is 11.7 Å². The number of aryl methyl sites for hydroxylation is 3. The molecule has 0 aliphatic rings. The van der Waals surface area contributed by atoms with Crippen LogP contribution in [0.25, 0.3) is 11.0 Å². The molecule has 32 heavy (non-hydrogen) atoms. The summed E-state index contributed by atoms with van der Waals surface area (Å²) in [5.74, 6) is -0.890. The number of aliphatic hydroxyl groups is 1. The number of ether oxygens (including phenoxy) is 1. The van der Waals surface area contributed by atoms with Crippen molar-refractivity contribution >= 4 is 27.0 Å². The highest BCUT2D eigenvalue weighted by molar-refractivity contribution is 7.89. The number of esters is 1. The summed E-state index contributed by atoms with van der Waals surface area (Å²) in [6.07, 6.45) is -0.968. The Bertz CT molecular complexity index is 1280. The summed E-state index contributed by atoms with van der Waals surface area (Å²) < 4.78 is 34.3. The Morgan fingerprint density at radius 3 is 2.59 bits per heavy atom. The van der Waals surface area contributed by atoms with Crippen LogP contribution in [0.15, 0.2) is 52.2 Å². The minimum Gasteiger partial charge on any atom is -0.464 e. The van der Waals surface area contributed by atoms with Crippen molar-refractivity contribution in [3.05, 3.63) is 64.1 Å². The number of benzene rings is 2. The van der Waals surface area contributed by atoms with Gasteiger partial charge in [0.1, 0.15) is 6.04 Å². The van der Waals surface area contributed by atoms with Gasteiger partial charge in [0.15, 0.2) is 0 Å². The third-order valence-corrected chi connectivity index (χ3v) is 6.70. The largest absolute Gasteiger partial charge is 0.464 e. The van der Waals surface area contributed by atoms with E-state index in [0.29, 0.717) is 18.5 Å². The number of aromatic nitrogens is 2. The molecule has 0 radical (unpaired) electrons. The van der Waals surface area contributed by atoms with E-state index >= 15 is 0 Å². The third-order valence-electron chi connectivity index (χ3n) is 5.26. The minimum atomic E-state index is -4.05. The van der Waals surface area contributed by atoms with Crippen molar-refractivity contribution in [1.29, 1.82) is 0 Å². The first-order chi connectivity index (χ1) is 15.1. The number of hydrogen-bond acceptors (Lipinski definition) is 6. The molecule has 0 spiro atoms. The van der Waals surface area contributed by atoms with Gasteiger partial charge in [-0.15, -0.1) is 0 Å². The van der Waals surface area contributed by atoms with Crippen molar-refractivity contribution < 1.29 is 23.1 Å². The molecule has 0 aliphatic carbocycles. The van der Waals surface area contributed by atoms with Gasteiger partial charge in [-0.05, 0) is 62.6 Å². The van der Waals surface area contributed by atoms with Gasteiger partial charge in [-0.1, -0.05) is 18.2 Å².